The average Bonchev–Trinajstić information content (AvgIpc) is 2.89. The van der Waals surface area contributed by atoms with Crippen LogP contribution in [0.1, 0.15) is 47.7 Å². The first-order valence-corrected chi connectivity index (χ1v) is 8.99. The zero-order valence-electron chi connectivity index (χ0n) is 14.6. The van der Waals surface area contributed by atoms with Crippen molar-refractivity contribution in [3.05, 3.63) is 15.8 Å². The van der Waals surface area contributed by atoms with E-state index in [-0.39, 0.29) is 17.9 Å². The van der Waals surface area contributed by atoms with Gasteiger partial charge in [0.2, 0.25) is 5.91 Å². The Labute approximate surface area is 147 Å². The van der Waals surface area contributed by atoms with Crippen molar-refractivity contribution in [2.24, 2.45) is 5.92 Å². The number of anilines is 1. The van der Waals surface area contributed by atoms with Crippen LogP contribution >= 0.6 is 11.3 Å². The molecule has 5 nitrogen and oxygen atoms in total. The van der Waals surface area contributed by atoms with Gasteiger partial charge in [-0.2, -0.15) is 0 Å². The fourth-order valence-electron chi connectivity index (χ4n) is 2.54. The Morgan fingerprint density at radius 2 is 2.21 bits per heavy atom. The quantitative estimate of drug-likeness (QED) is 0.674. The van der Waals surface area contributed by atoms with Gasteiger partial charge >= 0.3 is 5.97 Å². The summed E-state index contributed by atoms with van der Waals surface area (Å²) in [6.45, 7) is 4.80. The van der Waals surface area contributed by atoms with Crippen molar-refractivity contribution in [1.29, 1.82) is 0 Å². The smallest absolute Gasteiger partial charge is 0.350 e. The first kappa shape index (κ1) is 18.3. The van der Waals surface area contributed by atoms with Crippen LogP contribution in [-0.4, -0.2) is 43.5 Å². The van der Waals surface area contributed by atoms with Crippen molar-refractivity contribution >= 4 is 28.9 Å². The van der Waals surface area contributed by atoms with E-state index in [1.165, 1.54) is 18.4 Å². The molecule has 1 aliphatic rings. The van der Waals surface area contributed by atoms with Crippen LogP contribution in [-0.2, 0) is 9.53 Å². The molecule has 2 heterocycles. The lowest BCUT2D eigenvalue weighted by molar-refractivity contribution is -0.130. The van der Waals surface area contributed by atoms with Gasteiger partial charge in [-0.1, -0.05) is 25.7 Å². The molecule has 0 radical (unpaired) electrons. The number of likely N-dealkylation sites (tertiary alicyclic amines) is 1. The van der Waals surface area contributed by atoms with Crippen molar-refractivity contribution in [3.8, 4) is 11.8 Å². The molecule has 130 valence electrons. The fourth-order valence-corrected chi connectivity index (χ4v) is 3.44. The van der Waals surface area contributed by atoms with Gasteiger partial charge in [-0.3, -0.25) is 4.79 Å². The Morgan fingerprint density at radius 1 is 1.46 bits per heavy atom. The molecule has 0 bridgehead atoms. The molecule has 1 saturated heterocycles. The Bertz CT molecular complexity index is 670. The number of amides is 1. The number of carbonyl (C=O) groups excluding carboxylic acids is 2. The number of methoxy groups -OCH3 is 1. The topological polar surface area (TPSA) is 58.6 Å². The van der Waals surface area contributed by atoms with Gasteiger partial charge in [-0.05, 0) is 25.3 Å². The second-order valence-electron chi connectivity index (χ2n) is 6.22. The lowest BCUT2D eigenvalue weighted by atomic mass is 10.1. The van der Waals surface area contributed by atoms with Gasteiger partial charge in [0.05, 0.1) is 17.7 Å². The Hall–Kier alpha value is -2.00. The Kier molecular flexibility index (Phi) is 6.27. The first-order valence-electron chi connectivity index (χ1n) is 8.17. The maximum Gasteiger partial charge on any atom is 0.350 e. The summed E-state index contributed by atoms with van der Waals surface area (Å²) in [6.07, 6.45) is 2.73. The standard InChI is InChI=1S/C18H24N2O3S/c1-12(2)8-9-13-11-15(16(24-13)18(22)23-4)19-14-7-5-6-10-20(3)17(14)21/h11-12,14,19H,5-7,10H2,1-4H3/t14-/m0/s1. The molecule has 1 atom stereocenters. The van der Waals surface area contributed by atoms with E-state index in [0.29, 0.717) is 10.6 Å². The van der Waals surface area contributed by atoms with Gasteiger partial charge in [0.25, 0.3) is 0 Å². The summed E-state index contributed by atoms with van der Waals surface area (Å²) in [4.78, 5) is 27.5. The van der Waals surface area contributed by atoms with Crippen molar-refractivity contribution in [2.45, 2.75) is 39.2 Å². The lowest BCUT2D eigenvalue weighted by Gasteiger charge is -2.21. The summed E-state index contributed by atoms with van der Waals surface area (Å²) in [6, 6.07) is 1.52. The van der Waals surface area contributed by atoms with Gasteiger partial charge in [0, 0.05) is 19.5 Å². The van der Waals surface area contributed by atoms with Crippen LogP contribution in [0.3, 0.4) is 0 Å². The van der Waals surface area contributed by atoms with E-state index < -0.39 is 5.97 Å². The van der Waals surface area contributed by atoms with E-state index in [0.717, 1.165) is 30.7 Å². The van der Waals surface area contributed by atoms with Crippen molar-refractivity contribution in [3.63, 3.8) is 0 Å². The number of nitrogens with one attached hydrogen (secondary N) is 1. The normalized spacial score (nSPS) is 18.0. The maximum absolute atomic E-state index is 12.4. The monoisotopic (exact) mass is 348 g/mol. The highest BCUT2D eigenvalue weighted by molar-refractivity contribution is 7.15. The van der Waals surface area contributed by atoms with Crippen molar-refractivity contribution < 1.29 is 14.3 Å². The highest BCUT2D eigenvalue weighted by Gasteiger charge is 2.27. The van der Waals surface area contributed by atoms with Crippen LogP contribution < -0.4 is 5.32 Å². The number of rotatable bonds is 3. The van der Waals surface area contributed by atoms with Crippen LogP contribution in [0.2, 0.25) is 0 Å². The van der Waals surface area contributed by atoms with Crippen LogP contribution in [0.4, 0.5) is 5.69 Å². The van der Waals surface area contributed by atoms with Gasteiger partial charge in [-0.15, -0.1) is 11.3 Å². The van der Waals surface area contributed by atoms with E-state index in [9.17, 15) is 9.59 Å². The third kappa shape index (κ3) is 4.51. The highest BCUT2D eigenvalue weighted by atomic mass is 32.1. The summed E-state index contributed by atoms with van der Waals surface area (Å²) < 4.78 is 4.87. The van der Waals surface area contributed by atoms with E-state index in [4.69, 9.17) is 4.74 Å². The first-order chi connectivity index (χ1) is 11.4. The minimum absolute atomic E-state index is 0.0596. The second-order valence-corrected chi connectivity index (χ2v) is 7.27. The molecular formula is C18H24N2O3S. The molecule has 1 aromatic rings. The van der Waals surface area contributed by atoms with Gasteiger partial charge < -0.3 is 15.0 Å². The van der Waals surface area contributed by atoms with E-state index in [2.05, 4.69) is 17.2 Å². The molecule has 1 N–H and O–H groups in total. The summed E-state index contributed by atoms with van der Waals surface area (Å²) in [7, 11) is 3.17. The van der Waals surface area contributed by atoms with Crippen LogP contribution in [0.5, 0.6) is 0 Å². The van der Waals surface area contributed by atoms with E-state index in [1.54, 1.807) is 4.90 Å². The molecule has 1 aromatic heterocycles. The molecule has 24 heavy (non-hydrogen) atoms. The third-order valence-electron chi connectivity index (χ3n) is 3.83. The Morgan fingerprint density at radius 3 is 2.88 bits per heavy atom. The molecule has 1 fully saturated rings. The largest absolute Gasteiger partial charge is 0.465 e. The average molecular weight is 348 g/mol. The molecular weight excluding hydrogens is 324 g/mol. The number of thiophene rings is 1. The minimum Gasteiger partial charge on any atom is -0.465 e. The molecule has 0 aromatic carbocycles. The van der Waals surface area contributed by atoms with Crippen LogP contribution in [0.15, 0.2) is 6.07 Å². The number of carbonyl (C=O) groups is 2. The SMILES string of the molecule is COC(=O)c1sc(C#CC(C)C)cc1N[C@H]1CCCCN(C)C1=O. The predicted molar refractivity (Wildman–Crippen MR) is 96.3 cm³/mol. The van der Waals surface area contributed by atoms with Gasteiger partial charge in [-0.25, -0.2) is 4.79 Å². The number of hydrogen-bond donors (Lipinski definition) is 1. The zero-order chi connectivity index (χ0) is 17.7. The lowest BCUT2D eigenvalue weighted by Crippen LogP contribution is -2.39. The molecule has 0 unspecified atom stereocenters. The number of ether oxygens (including phenoxy) is 1. The second kappa shape index (κ2) is 8.20. The van der Waals surface area contributed by atoms with E-state index >= 15 is 0 Å². The third-order valence-corrected chi connectivity index (χ3v) is 4.86. The van der Waals surface area contributed by atoms with Crippen LogP contribution in [0, 0.1) is 17.8 Å². The zero-order valence-corrected chi connectivity index (χ0v) is 15.5. The van der Waals surface area contributed by atoms with E-state index in [1.807, 2.05) is 27.0 Å². The number of likely N-dealkylation sites (N-methyl/N-ethyl adjacent to an activating group) is 1. The molecule has 0 spiro atoms. The number of esters is 1. The minimum atomic E-state index is -0.408. The maximum atomic E-state index is 12.4. The van der Waals surface area contributed by atoms with Crippen molar-refractivity contribution in [2.75, 3.05) is 26.0 Å². The molecule has 1 aliphatic heterocycles. The number of hydrogen-bond acceptors (Lipinski definition) is 5. The summed E-state index contributed by atoms with van der Waals surface area (Å²) in [5.74, 6) is 6.08. The van der Waals surface area contributed by atoms with Crippen molar-refractivity contribution in [1.82, 2.24) is 4.90 Å². The summed E-state index contributed by atoms with van der Waals surface area (Å²) in [5.41, 5.74) is 0.633. The Balaban J connectivity index is 2.28. The molecule has 0 saturated carbocycles. The molecule has 6 heteroatoms. The highest BCUT2D eigenvalue weighted by Crippen LogP contribution is 2.29. The fraction of sp³-hybridized carbons (Fsp3) is 0.556. The van der Waals surface area contributed by atoms with Gasteiger partial charge in [0.1, 0.15) is 10.9 Å². The predicted octanol–water partition coefficient (Wildman–Crippen LogP) is 2.97. The summed E-state index contributed by atoms with van der Waals surface area (Å²) in [5, 5.41) is 3.24. The van der Waals surface area contributed by atoms with Gasteiger partial charge in [0.15, 0.2) is 0 Å². The molecule has 1 amide bonds. The molecule has 0 aliphatic carbocycles. The number of nitrogens with zero attached hydrogens (tertiary/aromatic N) is 1. The summed E-state index contributed by atoms with van der Waals surface area (Å²) >= 11 is 1.29. The van der Waals surface area contributed by atoms with Crippen LogP contribution in [0.25, 0.3) is 0 Å². The molecule has 2 rings (SSSR count).